The summed E-state index contributed by atoms with van der Waals surface area (Å²) in [6.07, 6.45) is 2.05. The van der Waals surface area contributed by atoms with Crippen molar-refractivity contribution in [3.8, 4) is 11.3 Å². The number of aromatic nitrogens is 1. The molecule has 0 aliphatic heterocycles. The molecular formula is C24H26N2O4. The van der Waals surface area contributed by atoms with Crippen molar-refractivity contribution >= 4 is 17.6 Å². The summed E-state index contributed by atoms with van der Waals surface area (Å²) >= 11 is 0. The number of nitrogens with zero attached hydrogens (tertiary/aromatic N) is 2. The Morgan fingerprint density at radius 2 is 1.77 bits per heavy atom. The zero-order chi connectivity index (χ0) is 21.5. The van der Waals surface area contributed by atoms with Crippen LogP contribution in [0, 0.1) is 6.92 Å². The number of anilines is 1. The summed E-state index contributed by atoms with van der Waals surface area (Å²) in [6, 6.07) is 17.2. The van der Waals surface area contributed by atoms with Gasteiger partial charge >= 0.3 is 5.97 Å². The fourth-order valence-corrected chi connectivity index (χ4v) is 3.09. The van der Waals surface area contributed by atoms with Crippen LogP contribution in [-0.2, 0) is 20.7 Å². The van der Waals surface area contributed by atoms with Gasteiger partial charge in [-0.3, -0.25) is 9.59 Å². The molecule has 0 spiro atoms. The van der Waals surface area contributed by atoms with Gasteiger partial charge in [0.1, 0.15) is 0 Å². The highest BCUT2D eigenvalue weighted by molar-refractivity contribution is 5.95. The van der Waals surface area contributed by atoms with Gasteiger partial charge in [-0.05, 0) is 32.9 Å². The highest BCUT2D eigenvalue weighted by Gasteiger charge is 2.20. The van der Waals surface area contributed by atoms with Gasteiger partial charge in [-0.2, -0.15) is 0 Å². The second kappa shape index (κ2) is 9.87. The fraction of sp³-hybridized carbons (Fsp3) is 0.292. The van der Waals surface area contributed by atoms with E-state index in [1.165, 1.54) is 5.56 Å². The second-order valence-electron chi connectivity index (χ2n) is 7.34. The number of oxazole rings is 1. The van der Waals surface area contributed by atoms with Gasteiger partial charge in [0.05, 0.1) is 12.6 Å². The Bertz CT molecular complexity index is 978. The Morgan fingerprint density at radius 1 is 1.07 bits per heavy atom. The Hall–Kier alpha value is -3.41. The van der Waals surface area contributed by atoms with Gasteiger partial charge in [-0.1, -0.05) is 48.0 Å². The van der Waals surface area contributed by atoms with Crippen LogP contribution >= 0.6 is 0 Å². The number of ether oxygens (including phenoxy) is 1. The first kappa shape index (κ1) is 21.3. The number of carbonyl (C=O) groups excluding carboxylic acids is 2. The Kier molecular flexibility index (Phi) is 7.01. The highest BCUT2D eigenvalue weighted by Crippen LogP contribution is 2.21. The first-order chi connectivity index (χ1) is 14.4. The highest BCUT2D eigenvalue weighted by atomic mass is 16.5. The summed E-state index contributed by atoms with van der Waals surface area (Å²) in [6.45, 7) is 5.56. The minimum Gasteiger partial charge on any atom is -0.456 e. The molecule has 0 saturated heterocycles. The molecular weight excluding hydrogens is 380 g/mol. The fourth-order valence-electron chi connectivity index (χ4n) is 3.09. The summed E-state index contributed by atoms with van der Waals surface area (Å²) in [7, 11) is 0. The van der Waals surface area contributed by atoms with E-state index in [4.69, 9.17) is 9.15 Å². The van der Waals surface area contributed by atoms with Crippen molar-refractivity contribution in [2.75, 3.05) is 11.5 Å². The molecule has 0 bridgehead atoms. The summed E-state index contributed by atoms with van der Waals surface area (Å²) in [5, 5.41) is 0. The summed E-state index contributed by atoms with van der Waals surface area (Å²) in [5.41, 5.74) is 2.87. The van der Waals surface area contributed by atoms with Crippen molar-refractivity contribution in [3.05, 3.63) is 72.2 Å². The van der Waals surface area contributed by atoms with Crippen LogP contribution in [0.5, 0.6) is 0 Å². The molecule has 0 unspecified atom stereocenters. The van der Waals surface area contributed by atoms with E-state index >= 15 is 0 Å². The molecule has 0 N–H and O–H groups in total. The van der Waals surface area contributed by atoms with Crippen LogP contribution in [0.4, 0.5) is 5.69 Å². The molecule has 1 heterocycles. The minimum atomic E-state index is -0.463. The van der Waals surface area contributed by atoms with Crippen LogP contribution in [0.15, 0.2) is 65.2 Å². The van der Waals surface area contributed by atoms with E-state index in [0.29, 0.717) is 18.1 Å². The van der Waals surface area contributed by atoms with Crippen LogP contribution < -0.4 is 4.90 Å². The topological polar surface area (TPSA) is 72.6 Å². The Labute approximate surface area is 176 Å². The number of carbonyl (C=O) groups is 2. The average Bonchev–Trinajstić information content (AvgIpc) is 3.21. The molecule has 0 atom stereocenters. The van der Waals surface area contributed by atoms with Gasteiger partial charge in [-0.15, -0.1) is 0 Å². The molecule has 0 saturated carbocycles. The molecule has 0 radical (unpaired) electrons. The lowest BCUT2D eigenvalue weighted by molar-refractivity contribution is -0.148. The van der Waals surface area contributed by atoms with Gasteiger partial charge < -0.3 is 14.1 Å². The number of rotatable bonds is 8. The molecule has 2 aromatic carbocycles. The standard InChI is InChI=1S/C24H26N2O4/c1-17(2)26(20-7-5-4-6-8-20)23(27)16-29-24(28)14-13-22-25-15-21(30-22)19-11-9-18(3)10-12-19/h4-12,15,17H,13-14,16H2,1-3H3. The lowest BCUT2D eigenvalue weighted by atomic mass is 10.1. The van der Waals surface area contributed by atoms with Crippen LogP contribution in [0.3, 0.4) is 0 Å². The number of aryl methyl sites for hydroxylation is 2. The zero-order valence-electron chi connectivity index (χ0n) is 17.5. The van der Waals surface area contributed by atoms with Crippen molar-refractivity contribution in [3.63, 3.8) is 0 Å². The molecule has 156 valence electrons. The number of amides is 1. The third-order valence-electron chi connectivity index (χ3n) is 4.61. The number of esters is 1. The van der Waals surface area contributed by atoms with Gasteiger partial charge in [0.15, 0.2) is 18.3 Å². The summed E-state index contributed by atoms with van der Waals surface area (Å²) in [4.78, 5) is 30.5. The van der Waals surface area contributed by atoms with E-state index in [1.807, 2.05) is 75.4 Å². The first-order valence-corrected chi connectivity index (χ1v) is 9.98. The molecule has 1 amide bonds. The van der Waals surface area contributed by atoms with Crippen LogP contribution in [0.25, 0.3) is 11.3 Å². The van der Waals surface area contributed by atoms with Crippen molar-refractivity contribution in [2.24, 2.45) is 0 Å². The van der Waals surface area contributed by atoms with Crippen molar-refractivity contribution in [1.82, 2.24) is 4.98 Å². The smallest absolute Gasteiger partial charge is 0.306 e. The predicted octanol–water partition coefficient (Wildman–Crippen LogP) is 4.57. The van der Waals surface area contributed by atoms with Crippen LogP contribution in [-0.4, -0.2) is 29.5 Å². The van der Waals surface area contributed by atoms with E-state index in [9.17, 15) is 9.59 Å². The third kappa shape index (κ3) is 5.56. The monoisotopic (exact) mass is 406 g/mol. The molecule has 0 fully saturated rings. The van der Waals surface area contributed by atoms with Gasteiger partial charge in [0, 0.05) is 23.7 Å². The maximum atomic E-state index is 12.6. The molecule has 30 heavy (non-hydrogen) atoms. The van der Waals surface area contributed by atoms with Crippen molar-refractivity contribution in [2.45, 2.75) is 39.7 Å². The molecule has 3 rings (SSSR count). The van der Waals surface area contributed by atoms with Gasteiger partial charge in [0.2, 0.25) is 0 Å². The molecule has 0 aliphatic carbocycles. The zero-order valence-corrected chi connectivity index (χ0v) is 17.5. The summed E-state index contributed by atoms with van der Waals surface area (Å²) < 4.78 is 10.9. The number of hydrogen-bond donors (Lipinski definition) is 0. The van der Waals surface area contributed by atoms with E-state index < -0.39 is 5.97 Å². The SMILES string of the molecule is Cc1ccc(-c2cnc(CCC(=O)OCC(=O)N(c3ccccc3)C(C)C)o2)cc1. The lowest BCUT2D eigenvalue weighted by Gasteiger charge is -2.26. The quantitative estimate of drug-likeness (QED) is 0.513. The summed E-state index contributed by atoms with van der Waals surface area (Å²) in [5.74, 6) is 0.392. The van der Waals surface area contributed by atoms with Crippen molar-refractivity contribution in [1.29, 1.82) is 0 Å². The van der Waals surface area contributed by atoms with Crippen LogP contribution in [0.1, 0.15) is 31.7 Å². The molecule has 3 aromatic rings. The molecule has 0 aliphatic rings. The maximum Gasteiger partial charge on any atom is 0.306 e. The van der Waals surface area contributed by atoms with E-state index in [0.717, 1.165) is 11.3 Å². The Balaban J connectivity index is 1.50. The van der Waals surface area contributed by atoms with Gasteiger partial charge in [0.25, 0.3) is 5.91 Å². The van der Waals surface area contributed by atoms with E-state index in [2.05, 4.69) is 4.98 Å². The van der Waals surface area contributed by atoms with Crippen LogP contribution in [0.2, 0.25) is 0 Å². The number of para-hydroxylation sites is 1. The Morgan fingerprint density at radius 3 is 2.43 bits per heavy atom. The first-order valence-electron chi connectivity index (χ1n) is 9.98. The van der Waals surface area contributed by atoms with E-state index in [-0.39, 0.29) is 25.0 Å². The van der Waals surface area contributed by atoms with Gasteiger partial charge in [-0.25, -0.2) is 4.98 Å². The average molecular weight is 406 g/mol. The lowest BCUT2D eigenvalue weighted by Crippen LogP contribution is -2.39. The minimum absolute atomic E-state index is 0.0499. The maximum absolute atomic E-state index is 12.6. The van der Waals surface area contributed by atoms with E-state index in [1.54, 1.807) is 11.1 Å². The normalized spacial score (nSPS) is 10.8. The number of benzene rings is 2. The largest absolute Gasteiger partial charge is 0.456 e. The third-order valence-corrected chi connectivity index (χ3v) is 4.61. The molecule has 1 aromatic heterocycles. The molecule has 6 nitrogen and oxygen atoms in total. The predicted molar refractivity (Wildman–Crippen MR) is 115 cm³/mol. The number of hydrogen-bond acceptors (Lipinski definition) is 5. The van der Waals surface area contributed by atoms with Crippen molar-refractivity contribution < 1.29 is 18.7 Å². The molecule has 6 heteroatoms. The second-order valence-corrected chi connectivity index (χ2v) is 7.34.